The molecule has 1 amide bonds. The third-order valence-corrected chi connectivity index (χ3v) is 6.55. The predicted octanol–water partition coefficient (Wildman–Crippen LogP) is 4.95. The number of aryl methyl sites for hydroxylation is 1. The van der Waals surface area contributed by atoms with Crippen molar-refractivity contribution in [2.45, 2.75) is 38.8 Å². The number of thiazole rings is 1. The zero-order valence-corrected chi connectivity index (χ0v) is 19.5. The van der Waals surface area contributed by atoms with Crippen molar-refractivity contribution in [3.8, 4) is 17.2 Å². The molecular formula is C25H28N2O4S. The van der Waals surface area contributed by atoms with Gasteiger partial charge in [-0.25, -0.2) is 4.98 Å². The normalized spacial score (nSPS) is 15.6. The molecule has 1 fully saturated rings. The maximum absolute atomic E-state index is 13.1. The molecule has 2 heterocycles. The Morgan fingerprint density at radius 2 is 1.91 bits per heavy atom. The Morgan fingerprint density at radius 3 is 2.66 bits per heavy atom. The van der Waals surface area contributed by atoms with E-state index in [1.54, 1.807) is 14.2 Å². The summed E-state index contributed by atoms with van der Waals surface area (Å²) in [4.78, 5) is 19.7. The maximum atomic E-state index is 13.1. The van der Waals surface area contributed by atoms with Crippen molar-refractivity contribution in [2.75, 3.05) is 20.8 Å². The van der Waals surface area contributed by atoms with Crippen LogP contribution in [0, 0.1) is 6.92 Å². The second kappa shape index (κ2) is 10.0. The second-order valence-electron chi connectivity index (χ2n) is 7.87. The summed E-state index contributed by atoms with van der Waals surface area (Å²) in [5, 5.41) is 2.82. The maximum Gasteiger partial charge on any atom is 0.229 e. The van der Waals surface area contributed by atoms with Gasteiger partial charge in [0.15, 0.2) is 11.5 Å². The highest BCUT2D eigenvalue weighted by atomic mass is 32.1. The van der Waals surface area contributed by atoms with E-state index in [-0.39, 0.29) is 11.9 Å². The number of benzene rings is 2. The van der Waals surface area contributed by atoms with Crippen molar-refractivity contribution >= 4 is 17.2 Å². The number of amides is 1. The van der Waals surface area contributed by atoms with Crippen LogP contribution >= 0.6 is 11.3 Å². The molecule has 1 atom stereocenters. The van der Waals surface area contributed by atoms with Crippen LogP contribution in [0.5, 0.6) is 17.2 Å². The van der Waals surface area contributed by atoms with E-state index in [4.69, 9.17) is 14.2 Å². The molecule has 3 aromatic rings. The first-order chi connectivity index (χ1) is 15.6. The average molecular weight is 453 g/mol. The van der Waals surface area contributed by atoms with Crippen molar-refractivity contribution < 1.29 is 19.0 Å². The Kier molecular flexibility index (Phi) is 6.95. The van der Waals surface area contributed by atoms with Crippen LogP contribution < -0.4 is 14.2 Å². The quantitative estimate of drug-likeness (QED) is 0.484. The van der Waals surface area contributed by atoms with Gasteiger partial charge in [0.2, 0.25) is 5.91 Å². The van der Waals surface area contributed by atoms with Gasteiger partial charge in [-0.1, -0.05) is 23.8 Å². The smallest absolute Gasteiger partial charge is 0.229 e. The van der Waals surface area contributed by atoms with E-state index in [0.717, 1.165) is 41.4 Å². The van der Waals surface area contributed by atoms with Crippen LogP contribution in [-0.2, 0) is 17.8 Å². The Bertz CT molecular complexity index is 1060. The van der Waals surface area contributed by atoms with Gasteiger partial charge in [0, 0.05) is 11.9 Å². The van der Waals surface area contributed by atoms with Crippen LogP contribution in [0.2, 0.25) is 0 Å². The largest absolute Gasteiger partial charge is 0.493 e. The van der Waals surface area contributed by atoms with E-state index < -0.39 is 0 Å². The molecule has 1 unspecified atom stereocenters. The molecule has 168 valence electrons. The van der Waals surface area contributed by atoms with Crippen molar-refractivity contribution in [1.29, 1.82) is 0 Å². The number of aromatic nitrogens is 1. The van der Waals surface area contributed by atoms with Crippen LogP contribution in [0.3, 0.4) is 0 Å². The first kappa shape index (κ1) is 22.1. The molecule has 0 N–H and O–H groups in total. The summed E-state index contributed by atoms with van der Waals surface area (Å²) < 4.78 is 16.6. The molecule has 32 heavy (non-hydrogen) atoms. The second-order valence-corrected chi connectivity index (χ2v) is 8.81. The van der Waals surface area contributed by atoms with E-state index >= 15 is 0 Å². The van der Waals surface area contributed by atoms with Crippen molar-refractivity contribution in [3.63, 3.8) is 0 Å². The molecular weight excluding hydrogens is 424 g/mol. The number of likely N-dealkylation sites (tertiary alicyclic amines) is 1. The lowest BCUT2D eigenvalue weighted by Gasteiger charge is -2.25. The summed E-state index contributed by atoms with van der Waals surface area (Å²) in [6.45, 7) is 3.20. The average Bonchev–Trinajstić information content (AvgIpc) is 3.48. The zero-order chi connectivity index (χ0) is 22.5. The van der Waals surface area contributed by atoms with Crippen molar-refractivity contribution in [1.82, 2.24) is 9.88 Å². The minimum atomic E-state index is 0.0466. The standard InChI is InChI=1S/C25H28N2O4S/c1-17-6-9-20(10-7-17)31-15-24-26-19(16-32-24)14-25(28)27-12-4-5-21(27)18-8-11-22(29-2)23(13-18)30-3/h6-11,13,16,21H,4-5,12,14-15H2,1-3H3. The summed E-state index contributed by atoms with van der Waals surface area (Å²) in [5.41, 5.74) is 3.06. The highest BCUT2D eigenvalue weighted by molar-refractivity contribution is 7.09. The van der Waals surface area contributed by atoms with E-state index in [1.165, 1.54) is 16.9 Å². The van der Waals surface area contributed by atoms with E-state index in [0.29, 0.717) is 24.5 Å². The first-order valence-electron chi connectivity index (χ1n) is 10.7. The van der Waals surface area contributed by atoms with E-state index in [1.807, 2.05) is 59.7 Å². The number of hydrogen-bond donors (Lipinski definition) is 0. The number of ether oxygens (including phenoxy) is 3. The van der Waals surface area contributed by atoms with Crippen LogP contribution in [0.4, 0.5) is 0 Å². The summed E-state index contributed by atoms with van der Waals surface area (Å²) in [7, 11) is 3.25. The molecule has 0 radical (unpaired) electrons. The van der Waals surface area contributed by atoms with Gasteiger partial charge in [0.1, 0.15) is 17.4 Å². The Balaban J connectivity index is 1.38. The molecule has 4 rings (SSSR count). The number of nitrogens with zero attached hydrogens (tertiary/aromatic N) is 2. The fourth-order valence-corrected chi connectivity index (χ4v) is 4.71. The lowest BCUT2D eigenvalue weighted by Crippen LogP contribution is -2.32. The van der Waals surface area contributed by atoms with Gasteiger partial charge in [-0.15, -0.1) is 11.3 Å². The minimum Gasteiger partial charge on any atom is -0.493 e. The predicted molar refractivity (Wildman–Crippen MR) is 125 cm³/mol. The number of methoxy groups -OCH3 is 2. The van der Waals surface area contributed by atoms with Gasteiger partial charge >= 0.3 is 0 Å². The molecule has 2 aromatic carbocycles. The number of carbonyl (C=O) groups excluding carboxylic acids is 1. The Morgan fingerprint density at radius 1 is 1.12 bits per heavy atom. The number of rotatable bonds is 8. The summed E-state index contributed by atoms with van der Waals surface area (Å²) in [6.07, 6.45) is 2.22. The highest BCUT2D eigenvalue weighted by Gasteiger charge is 2.30. The highest BCUT2D eigenvalue weighted by Crippen LogP contribution is 2.37. The van der Waals surface area contributed by atoms with Crippen LogP contribution in [0.1, 0.15) is 40.7 Å². The molecule has 6 nitrogen and oxygen atoms in total. The Hall–Kier alpha value is -3.06. The molecule has 1 aliphatic rings. The third kappa shape index (κ3) is 5.05. The minimum absolute atomic E-state index is 0.0466. The molecule has 1 aliphatic heterocycles. The van der Waals surface area contributed by atoms with Gasteiger partial charge < -0.3 is 19.1 Å². The molecule has 7 heteroatoms. The van der Waals surface area contributed by atoms with Gasteiger partial charge in [-0.2, -0.15) is 0 Å². The molecule has 1 aromatic heterocycles. The number of hydrogen-bond acceptors (Lipinski definition) is 6. The molecule has 0 saturated carbocycles. The molecule has 0 aliphatic carbocycles. The van der Waals surface area contributed by atoms with Gasteiger partial charge in [0.05, 0.1) is 32.4 Å². The zero-order valence-electron chi connectivity index (χ0n) is 18.7. The van der Waals surface area contributed by atoms with E-state index in [9.17, 15) is 4.79 Å². The first-order valence-corrected chi connectivity index (χ1v) is 11.6. The van der Waals surface area contributed by atoms with Gasteiger partial charge in [-0.3, -0.25) is 4.79 Å². The van der Waals surface area contributed by atoms with Gasteiger partial charge in [-0.05, 0) is 49.6 Å². The monoisotopic (exact) mass is 452 g/mol. The van der Waals surface area contributed by atoms with E-state index in [2.05, 4.69) is 4.98 Å². The van der Waals surface area contributed by atoms with Crippen molar-refractivity contribution in [2.24, 2.45) is 0 Å². The molecule has 0 bridgehead atoms. The topological polar surface area (TPSA) is 60.9 Å². The fraction of sp³-hybridized carbons (Fsp3) is 0.360. The van der Waals surface area contributed by atoms with Crippen LogP contribution in [0.25, 0.3) is 0 Å². The lowest BCUT2D eigenvalue weighted by molar-refractivity contribution is -0.131. The van der Waals surface area contributed by atoms with Gasteiger partial charge in [0.25, 0.3) is 0 Å². The lowest BCUT2D eigenvalue weighted by atomic mass is 10.0. The summed E-state index contributed by atoms with van der Waals surface area (Å²) >= 11 is 1.53. The SMILES string of the molecule is COc1ccc(C2CCCN2C(=O)Cc2csc(COc3ccc(C)cc3)n2)cc1OC. The number of carbonyl (C=O) groups is 1. The van der Waals surface area contributed by atoms with Crippen molar-refractivity contribution in [3.05, 3.63) is 69.7 Å². The Labute approximate surface area is 192 Å². The van der Waals surface area contributed by atoms with Crippen LogP contribution in [0.15, 0.2) is 47.8 Å². The molecule has 0 spiro atoms. The molecule has 1 saturated heterocycles. The summed E-state index contributed by atoms with van der Waals surface area (Å²) in [5.74, 6) is 2.29. The summed E-state index contributed by atoms with van der Waals surface area (Å²) in [6, 6.07) is 13.9. The fourth-order valence-electron chi connectivity index (χ4n) is 4.00. The van der Waals surface area contributed by atoms with Crippen LogP contribution in [-0.4, -0.2) is 36.6 Å². The third-order valence-electron chi connectivity index (χ3n) is 5.68.